The third-order valence-corrected chi connectivity index (χ3v) is 3.36. The van der Waals surface area contributed by atoms with Gasteiger partial charge < -0.3 is 15.4 Å². The van der Waals surface area contributed by atoms with E-state index in [1.54, 1.807) is 6.07 Å². The van der Waals surface area contributed by atoms with Gasteiger partial charge in [0.25, 0.3) is 5.91 Å². The summed E-state index contributed by atoms with van der Waals surface area (Å²) in [4.78, 5) is 23.2. The molecule has 1 aliphatic heterocycles. The number of ether oxygens (including phenoxy) is 1. The van der Waals surface area contributed by atoms with E-state index in [1.807, 2.05) is 30.3 Å². The van der Waals surface area contributed by atoms with E-state index >= 15 is 0 Å². The first kappa shape index (κ1) is 15.0. The number of urea groups is 1. The maximum Gasteiger partial charge on any atom is 0.337 e. The first-order chi connectivity index (χ1) is 11.1. The van der Waals surface area contributed by atoms with Gasteiger partial charge in [0.05, 0.1) is 22.1 Å². The van der Waals surface area contributed by atoms with Crippen LogP contribution in [0.3, 0.4) is 0 Å². The van der Waals surface area contributed by atoms with Crippen molar-refractivity contribution in [2.45, 2.75) is 0 Å². The Morgan fingerprint density at radius 1 is 1.22 bits per heavy atom. The van der Waals surface area contributed by atoms with Crippen LogP contribution in [0.25, 0.3) is 0 Å². The molecular formula is C15H13ClN4O3. The molecule has 0 fully saturated rings. The number of anilines is 3. The third kappa shape index (κ3) is 3.64. The van der Waals surface area contributed by atoms with Gasteiger partial charge in [-0.15, -0.1) is 0 Å². The summed E-state index contributed by atoms with van der Waals surface area (Å²) in [5.41, 5.74) is 6.83. The zero-order valence-corrected chi connectivity index (χ0v) is 12.6. The summed E-state index contributed by atoms with van der Waals surface area (Å²) in [6, 6.07) is 11.8. The number of fused-ring (bicyclic) bond motifs is 1. The molecular weight excluding hydrogens is 320 g/mol. The molecule has 1 aliphatic rings. The Kier molecular flexibility index (Phi) is 4.20. The lowest BCUT2D eigenvalue weighted by Crippen LogP contribution is -2.33. The third-order valence-electron chi connectivity index (χ3n) is 3.04. The molecule has 8 heteroatoms. The highest BCUT2D eigenvalue weighted by Crippen LogP contribution is 2.36. The van der Waals surface area contributed by atoms with Crippen LogP contribution >= 0.6 is 11.6 Å². The van der Waals surface area contributed by atoms with Gasteiger partial charge in [-0.3, -0.25) is 15.6 Å². The first-order valence-corrected chi connectivity index (χ1v) is 7.14. The summed E-state index contributed by atoms with van der Waals surface area (Å²) >= 11 is 6.10. The van der Waals surface area contributed by atoms with Crippen molar-refractivity contribution in [1.29, 1.82) is 0 Å². The standard InChI is InChI=1S/C15H13ClN4O3/c16-10-6-12-13(23-8-14(21)17-12)7-11(10)18-15(22)20-19-9-4-2-1-3-5-9/h1-7,19H,8H2,(H,17,21)(H2,18,20,22). The van der Waals surface area contributed by atoms with Crippen LogP contribution in [-0.2, 0) is 4.79 Å². The minimum absolute atomic E-state index is 0.0736. The second kappa shape index (κ2) is 6.45. The Bertz CT molecular complexity index is 752. The van der Waals surface area contributed by atoms with Crippen LogP contribution in [0.2, 0.25) is 5.02 Å². The molecule has 23 heavy (non-hydrogen) atoms. The molecule has 0 saturated carbocycles. The fourth-order valence-corrected chi connectivity index (χ4v) is 2.21. The highest BCUT2D eigenvalue weighted by atomic mass is 35.5. The highest BCUT2D eigenvalue weighted by Gasteiger charge is 2.18. The number of carbonyl (C=O) groups is 2. The summed E-state index contributed by atoms with van der Waals surface area (Å²) in [7, 11) is 0. The quantitative estimate of drug-likeness (QED) is 0.650. The monoisotopic (exact) mass is 332 g/mol. The van der Waals surface area contributed by atoms with Crippen molar-refractivity contribution in [3.05, 3.63) is 47.5 Å². The zero-order valence-electron chi connectivity index (χ0n) is 11.9. The molecule has 4 N–H and O–H groups in total. The minimum Gasteiger partial charge on any atom is -0.482 e. The van der Waals surface area contributed by atoms with Crippen molar-refractivity contribution in [1.82, 2.24) is 5.43 Å². The van der Waals surface area contributed by atoms with Crippen LogP contribution in [0.15, 0.2) is 42.5 Å². The van der Waals surface area contributed by atoms with Crippen LogP contribution in [-0.4, -0.2) is 18.5 Å². The van der Waals surface area contributed by atoms with Gasteiger partial charge in [-0.1, -0.05) is 29.8 Å². The Morgan fingerprint density at radius 3 is 2.78 bits per heavy atom. The Labute approximate surface area is 136 Å². The smallest absolute Gasteiger partial charge is 0.337 e. The number of hydrogen-bond donors (Lipinski definition) is 4. The van der Waals surface area contributed by atoms with E-state index in [9.17, 15) is 9.59 Å². The number of benzene rings is 2. The lowest BCUT2D eigenvalue weighted by molar-refractivity contribution is -0.118. The van der Waals surface area contributed by atoms with E-state index in [4.69, 9.17) is 16.3 Å². The van der Waals surface area contributed by atoms with Crippen LogP contribution < -0.4 is 26.2 Å². The predicted molar refractivity (Wildman–Crippen MR) is 87.8 cm³/mol. The van der Waals surface area contributed by atoms with Gasteiger partial charge in [0.1, 0.15) is 5.75 Å². The summed E-state index contributed by atoms with van der Waals surface area (Å²) < 4.78 is 5.28. The number of nitrogens with one attached hydrogen (secondary N) is 4. The SMILES string of the molecule is O=C1COc2cc(NC(=O)NNc3ccccc3)c(Cl)cc2N1. The van der Waals surface area contributed by atoms with Crippen molar-refractivity contribution < 1.29 is 14.3 Å². The predicted octanol–water partition coefficient (Wildman–Crippen LogP) is 2.82. The van der Waals surface area contributed by atoms with E-state index < -0.39 is 6.03 Å². The molecule has 3 amide bonds. The number of rotatable bonds is 3. The number of hydrazine groups is 1. The van der Waals surface area contributed by atoms with E-state index in [-0.39, 0.29) is 17.5 Å². The van der Waals surface area contributed by atoms with Crippen LogP contribution in [0.5, 0.6) is 5.75 Å². The number of halogens is 1. The molecule has 0 saturated heterocycles. The lowest BCUT2D eigenvalue weighted by atomic mass is 10.2. The second-order valence-electron chi connectivity index (χ2n) is 4.74. The molecule has 7 nitrogen and oxygen atoms in total. The molecule has 0 spiro atoms. The van der Waals surface area contributed by atoms with Crippen molar-refractivity contribution >= 4 is 40.6 Å². The first-order valence-electron chi connectivity index (χ1n) is 6.76. The average Bonchev–Trinajstić information content (AvgIpc) is 2.55. The summed E-state index contributed by atoms with van der Waals surface area (Å²) in [5, 5.41) is 5.53. The molecule has 0 aliphatic carbocycles. The summed E-state index contributed by atoms with van der Waals surface area (Å²) in [5.74, 6) is 0.194. The van der Waals surface area contributed by atoms with Gasteiger partial charge in [-0.25, -0.2) is 4.79 Å². The maximum atomic E-state index is 11.9. The molecule has 2 aromatic carbocycles. The van der Waals surface area contributed by atoms with E-state index in [0.717, 1.165) is 5.69 Å². The summed E-state index contributed by atoms with van der Waals surface area (Å²) in [6.07, 6.45) is 0. The summed E-state index contributed by atoms with van der Waals surface area (Å²) in [6.45, 7) is -0.0736. The Balaban J connectivity index is 1.65. The topological polar surface area (TPSA) is 91.5 Å². The fraction of sp³-hybridized carbons (Fsp3) is 0.0667. The molecule has 1 heterocycles. The van der Waals surface area contributed by atoms with Crippen LogP contribution in [0.1, 0.15) is 0 Å². The van der Waals surface area contributed by atoms with Gasteiger partial charge in [0.2, 0.25) is 0 Å². The average molecular weight is 333 g/mol. The van der Waals surface area contributed by atoms with E-state index in [2.05, 4.69) is 21.5 Å². The largest absolute Gasteiger partial charge is 0.482 e. The van der Waals surface area contributed by atoms with Gasteiger partial charge in [0.15, 0.2) is 6.61 Å². The zero-order chi connectivity index (χ0) is 16.2. The molecule has 0 bridgehead atoms. The molecule has 0 aromatic heterocycles. The van der Waals surface area contributed by atoms with Gasteiger partial charge >= 0.3 is 6.03 Å². The number of hydrogen-bond acceptors (Lipinski definition) is 4. The second-order valence-corrected chi connectivity index (χ2v) is 5.14. The molecule has 118 valence electrons. The molecule has 3 rings (SSSR count). The number of para-hydroxylation sites is 1. The highest BCUT2D eigenvalue weighted by molar-refractivity contribution is 6.34. The van der Waals surface area contributed by atoms with Gasteiger partial charge in [-0.05, 0) is 18.2 Å². The van der Waals surface area contributed by atoms with Crippen LogP contribution in [0.4, 0.5) is 21.9 Å². The number of amides is 3. The van der Waals surface area contributed by atoms with Crippen molar-refractivity contribution in [3.8, 4) is 5.75 Å². The fourth-order valence-electron chi connectivity index (χ4n) is 2.00. The molecule has 0 radical (unpaired) electrons. The van der Waals surface area contributed by atoms with Crippen molar-refractivity contribution in [3.63, 3.8) is 0 Å². The maximum absolute atomic E-state index is 11.9. The van der Waals surface area contributed by atoms with Gasteiger partial charge in [0, 0.05) is 6.07 Å². The van der Waals surface area contributed by atoms with Crippen molar-refractivity contribution in [2.75, 3.05) is 22.7 Å². The van der Waals surface area contributed by atoms with E-state index in [0.29, 0.717) is 17.1 Å². The minimum atomic E-state index is -0.490. The molecule has 2 aromatic rings. The van der Waals surface area contributed by atoms with Gasteiger partial charge in [-0.2, -0.15) is 0 Å². The van der Waals surface area contributed by atoms with Crippen LogP contribution in [0, 0.1) is 0 Å². The van der Waals surface area contributed by atoms with E-state index in [1.165, 1.54) is 6.07 Å². The lowest BCUT2D eigenvalue weighted by Gasteiger charge is -2.19. The Morgan fingerprint density at radius 2 is 2.00 bits per heavy atom. The Hall–Kier alpha value is -2.93. The normalized spacial score (nSPS) is 12.5. The molecule has 0 unspecified atom stereocenters. The van der Waals surface area contributed by atoms with Crippen molar-refractivity contribution in [2.24, 2.45) is 0 Å². The molecule has 0 atom stereocenters. The number of carbonyl (C=O) groups excluding carboxylic acids is 2.